The van der Waals surface area contributed by atoms with Crippen molar-refractivity contribution in [2.24, 2.45) is 17.6 Å². The van der Waals surface area contributed by atoms with Gasteiger partial charge >= 0.3 is 0 Å². The van der Waals surface area contributed by atoms with E-state index in [4.69, 9.17) is 10.3 Å². The van der Waals surface area contributed by atoms with Gasteiger partial charge in [-0.3, -0.25) is 4.79 Å². The molecule has 106 valence electrons. The molecule has 2 heterocycles. The molecule has 0 radical (unpaired) electrons. The zero-order valence-corrected chi connectivity index (χ0v) is 12.0. The molecule has 1 fully saturated rings. The molecular weight excluding hydrogens is 244 g/mol. The first kappa shape index (κ1) is 14.0. The third kappa shape index (κ3) is 3.12. The standard InChI is InChI=1S/C13H22N4O2/c1-8(2)9-5-11(18)17(6-9)7-10-15-12(16-19-10)13(3,4)14/h8-9H,5-7,14H2,1-4H3. The highest BCUT2D eigenvalue weighted by Crippen LogP contribution is 2.26. The lowest BCUT2D eigenvalue weighted by Crippen LogP contribution is -2.30. The van der Waals surface area contributed by atoms with E-state index >= 15 is 0 Å². The summed E-state index contributed by atoms with van der Waals surface area (Å²) in [6.07, 6.45) is 0.612. The first-order chi connectivity index (χ1) is 8.77. The molecule has 0 saturated carbocycles. The minimum absolute atomic E-state index is 0.158. The molecule has 2 N–H and O–H groups in total. The van der Waals surface area contributed by atoms with Gasteiger partial charge in [0.2, 0.25) is 11.8 Å². The van der Waals surface area contributed by atoms with E-state index in [1.807, 2.05) is 13.8 Å². The lowest BCUT2D eigenvalue weighted by atomic mass is 9.95. The number of amides is 1. The van der Waals surface area contributed by atoms with E-state index in [-0.39, 0.29) is 5.91 Å². The van der Waals surface area contributed by atoms with Gasteiger partial charge in [-0.15, -0.1) is 0 Å². The molecule has 0 aromatic carbocycles. The molecule has 1 aliphatic heterocycles. The SMILES string of the molecule is CC(C)C1CC(=O)N(Cc2nc(C(C)(C)N)no2)C1. The van der Waals surface area contributed by atoms with Crippen molar-refractivity contribution < 1.29 is 9.32 Å². The van der Waals surface area contributed by atoms with E-state index in [0.29, 0.717) is 36.5 Å². The number of nitrogens with zero attached hydrogens (tertiary/aromatic N) is 3. The van der Waals surface area contributed by atoms with Gasteiger partial charge in [-0.25, -0.2) is 0 Å². The van der Waals surface area contributed by atoms with Gasteiger partial charge < -0.3 is 15.2 Å². The highest BCUT2D eigenvalue weighted by Gasteiger charge is 2.32. The van der Waals surface area contributed by atoms with Crippen LogP contribution in [-0.4, -0.2) is 27.5 Å². The summed E-state index contributed by atoms with van der Waals surface area (Å²) in [4.78, 5) is 17.9. The van der Waals surface area contributed by atoms with Crippen molar-refractivity contribution in [3.63, 3.8) is 0 Å². The lowest BCUT2D eigenvalue weighted by molar-refractivity contribution is -0.128. The first-order valence-corrected chi connectivity index (χ1v) is 6.67. The smallest absolute Gasteiger partial charge is 0.246 e. The Labute approximate surface area is 113 Å². The fourth-order valence-corrected chi connectivity index (χ4v) is 2.15. The molecule has 6 heteroatoms. The maximum atomic E-state index is 11.9. The second kappa shape index (κ2) is 4.92. The van der Waals surface area contributed by atoms with Crippen LogP contribution in [0, 0.1) is 11.8 Å². The molecule has 1 atom stereocenters. The Morgan fingerprint density at radius 2 is 2.21 bits per heavy atom. The van der Waals surface area contributed by atoms with Crippen LogP contribution in [0.5, 0.6) is 0 Å². The Balaban J connectivity index is 2.02. The molecule has 0 spiro atoms. The van der Waals surface area contributed by atoms with Crippen molar-refractivity contribution in [3.8, 4) is 0 Å². The topological polar surface area (TPSA) is 85.2 Å². The van der Waals surface area contributed by atoms with E-state index in [0.717, 1.165) is 6.54 Å². The average molecular weight is 266 g/mol. The van der Waals surface area contributed by atoms with Gasteiger partial charge in [-0.1, -0.05) is 19.0 Å². The number of carbonyl (C=O) groups is 1. The Hall–Kier alpha value is -1.43. The third-order valence-electron chi connectivity index (χ3n) is 3.56. The maximum Gasteiger partial charge on any atom is 0.246 e. The van der Waals surface area contributed by atoms with Crippen LogP contribution in [0.2, 0.25) is 0 Å². The quantitative estimate of drug-likeness (QED) is 0.887. The second-order valence-corrected chi connectivity index (χ2v) is 6.22. The molecule has 2 rings (SSSR count). The summed E-state index contributed by atoms with van der Waals surface area (Å²) in [5, 5.41) is 3.86. The van der Waals surface area contributed by atoms with Crippen LogP contribution in [0.3, 0.4) is 0 Å². The lowest BCUT2D eigenvalue weighted by Gasteiger charge is -2.16. The van der Waals surface area contributed by atoms with Crippen LogP contribution in [0.4, 0.5) is 0 Å². The summed E-state index contributed by atoms with van der Waals surface area (Å²) >= 11 is 0. The van der Waals surface area contributed by atoms with Crippen LogP contribution in [-0.2, 0) is 16.9 Å². The van der Waals surface area contributed by atoms with E-state index in [1.54, 1.807) is 4.90 Å². The van der Waals surface area contributed by atoms with Crippen LogP contribution in [0.15, 0.2) is 4.52 Å². The first-order valence-electron chi connectivity index (χ1n) is 6.67. The van der Waals surface area contributed by atoms with Gasteiger partial charge in [0.05, 0.1) is 12.1 Å². The van der Waals surface area contributed by atoms with E-state index in [2.05, 4.69) is 24.0 Å². The van der Waals surface area contributed by atoms with Gasteiger partial charge in [-0.05, 0) is 25.7 Å². The molecule has 1 aromatic rings. The number of hydrogen-bond donors (Lipinski definition) is 1. The van der Waals surface area contributed by atoms with Crippen molar-refractivity contribution >= 4 is 5.91 Å². The van der Waals surface area contributed by atoms with Crippen LogP contribution >= 0.6 is 0 Å². The van der Waals surface area contributed by atoms with Crippen LogP contribution in [0.25, 0.3) is 0 Å². The van der Waals surface area contributed by atoms with Crippen molar-refractivity contribution in [3.05, 3.63) is 11.7 Å². The Kier molecular flexibility index (Phi) is 3.62. The van der Waals surface area contributed by atoms with Crippen molar-refractivity contribution in [1.82, 2.24) is 15.0 Å². The molecule has 1 unspecified atom stereocenters. The summed E-state index contributed by atoms with van der Waals surface area (Å²) < 4.78 is 5.16. The normalized spacial score (nSPS) is 20.6. The Morgan fingerprint density at radius 3 is 2.68 bits per heavy atom. The zero-order valence-electron chi connectivity index (χ0n) is 12.0. The van der Waals surface area contributed by atoms with E-state index in [9.17, 15) is 4.79 Å². The van der Waals surface area contributed by atoms with Gasteiger partial charge in [0.15, 0.2) is 5.82 Å². The molecular formula is C13H22N4O2. The second-order valence-electron chi connectivity index (χ2n) is 6.22. The molecule has 0 bridgehead atoms. The van der Waals surface area contributed by atoms with Crippen LogP contribution in [0.1, 0.15) is 45.8 Å². The predicted molar refractivity (Wildman–Crippen MR) is 69.9 cm³/mol. The maximum absolute atomic E-state index is 11.9. The molecule has 0 aliphatic carbocycles. The number of carbonyl (C=O) groups excluding carboxylic acids is 1. The van der Waals surface area contributed by atoms with Crippen molar-refractivity contribution in [2.75, 3.05) is 6.54 Å². The Bertz CT molecular complexity index is 461. The summed E-state index contributed by atoms with van der Waals surface area (Å²) in [5.74, 6) is 2.00. The summed E-state index contributed by atoms with van der Waals surface area (Å²) in [6.45, 7) is 9.06. The number of nitrogens with two attached hydrogens (primary N) is 1. The van der Waals surface area contributed by atoms with Gasteiger partial charge in [0, 0.05) is 13.0 Å². The van der Waals surface area contributed by atoms with Crippen molar-refractivity contribution in [1.29, 1.82) is 0 Å². The van der Waals surface area contributed by atoms with Gasteiger partial charge in [-0.2, -0.15) is 4.98 Å². The highest BCUT2D eigenvalue weighted by atomic mass is 16.5. The largest absolute Gasteiger partial charge is 0.337 e. The highest BCUT2D eigenvalue weighted by molar-refractivity contribution is 5.78. The zero-order chi connectivity index (χ0) is 14.2. The number of aromatic nitrogens is 2. The summed E-state index contributed by atoms with van der Waals surface area (Å²) in [5.41, 5.74) is 5.27. The fourth-order valence-electron chi connectivity index (χ4n) is 2.15. The fraction of sp³-hybridized carbons (Fsp3) is 0.769. The monoisotopic (exact) mass is 266 g/mol. The predicted octanol–water partition coefficient (Wildman–Crippen LogP) is 1.27. The van der Waals surface area contributed by atoms with Gasteiger partial charge in [0.25, 0.3) is 0 Å². The molecule has 19 heavy (non-hydrogen) atoms. The number of hydrogen-bond acceptors (Lipinski definition) is 5. The molecule has 6 nitrogen and oxygen atoms in total. The molecule has 1 amide bonds. The van der Waals surface area contributed by atoms with Crippen LogP contribution < -0.4 is 5.73 Å². The summed E-state index contributed by atoms with van der Waals surface area (Å²) in [6, 6.07) is 0. The third-order valence-corrected chi connectivity index (χ3v) is 3.56. The van der Waals surface area contributed by atoms with E-state index < -0.39 is 5.54 Å². The van der Waals surface area contributed by atoms with E-state index in [1.165, 1.54) is 0 Å². The minimum Gasteiger partial charge on any atom is -0.337 e. The average Bonchev–Trinajstić information content (AvgIpc) is 2.86. The number of rotatable bonds is 4. The number of likely N-dealkylation sites (tertiary alicyclic amines) is 1. The summed E-state index contributed by atoms with van der Waals surface area (Å²) in [7, 11) is 0. The molecule has 1 saturated heterocycles. The molecule has 1 aliphatic rings. The molecule has 1 aromatic heterocycles. The minimum atomic E-state index is -0.628. The Morgan fingerprint density at radius 1 is 1.53 bits per heavy atom. The van der Waals surface area contributed by atoms with Crippen molar-refractivity contribution in [2.45, 2.75) is 46.2 Å². The van der Waals surface area contributed by atoms with Gasteiger partial charge in [0.1, 0.15) is 0 Å².